The van der Waals surface area contributed by atoms with Crippen LogP contribution in [0.15, 0.2) is 53.1 Å². The van der Waals surface area contributed by atoms with Gasteiger partial charge in [0.25, 0.3) is 10.0 Å². The van der Waals surface area contributed by atoms with E-state index in [1.165, 1.54) is 17.6 Å². The summed E-state index contributed by atoms with van der Waals surface area (Å²) in [5, 5.41) is 13.0. The van der Waals surface area contributed by atoms with Crippen LogP contribution in [0.25, 0.3) is 5.69 Å². The van der Waals surface area contributed by atoms with Crippen molar-refractivity contribution >= 4 is 32.3 Å². The second kappa shape index (κ2) is 5.82. The number of benzene rings is 1. The van der Waals surface area contributed by atoms with Crippen LogP contribution in [0.3, 0.4) is 0 Å². The van der Waals surface area contributed by atoms with Crippen LogP contribution < -0.4 is 4.72 Å². The number of hydrogen-bond acceptors (Lipinski definition) is 6. The fraction of sp³-hybridized carbons (Fsp3) is 0. The van der Waals surface area contributed by atoms with Crippen molar-refractivity contribution in [3.8, 4) is 5.69 Å². The Morgan fingerprint density at radius 3 is 2.61 bits per heavy atom. The highest BCUT2D eigenvalue weighted by molar-refractivity contribution is 7.93. The van der Waals surface area contributed by atoms with Gasteiger partial charge >= 0.3 is 5.97 Å². The lowest BCUT2D eigenvalue weighted by atomic mass is 10.3. The summed E-state index contributed by atoms with van der Waals surface area (Å²) in [6.07, 6.45) is 3.35. The number of aromatic carboxylic acids is 1. The first-order valence-electron chi connectivity index (χ1n) is 6.27. The minimum Gasteiger partial charge on any atom is -0.476 e. The summed E-state index contributed by atoms with van der Waals surface area (Å²) in [5.74, 6) is -1.29. The topological polar surface area (TPSA) is 114 Å². The number of anilines is 1. The minimum absolute atomic E-state index is 0.0122. The highest BCUT2D eigenvalue weighted by Gasteiger charge is 2.20. The van der Waals surface area contributed by atoms with E-state index in [4.69, 9.17) is 5.11 Å². The number of carboxylic acids is 1. The summed E-state index contributed by atoms with van der Waals surface area (Å²) in [4.78, 5) is 14.6. The average molecular weight is 350 g/mol. The van der Waals surface area contributed by atoms with E-state index < -0.39 is 16.0 Å². The molecule has 10 heteroatoms. The molecule has 0 spiro atoms. The van der Waals surface area contributed by atoms with Crippen molar-refractivity contribution in [1.29, 1.82) is 0 Å². The molecule has 0 aliphatic heterocycles. The Morgan fingerprint density at radius 2 is 2.00 bits per heavy atom. The maximum atomic E-state index is 12.3. The molecular formula is C13H10N4O4S2. The van der Waals surface area contributed by atoms with Gasteiger partial charge in [0.1, 0.15) is 5.00 Å². The third kappa shape index (κ3) is 3.07. The van der Waals surface area contributed by atoms with E-state index in [9.17, 15) is 13.2 Å². The molecule has 0 saturated heterocycles. The van der Waals surface area contributed by atoms with Gasteiger partial charge in [0.05, 0.1) is 16.1 Å². The molecule has 3 rings (SSSR count). The quantitative estimate of drug-likeness (QED) is 0.725. The van der Waals surface area contributed by atoms with Gasteiger partial charge in [-0.15, -0.1) is 11.3 Å². The van der Waals surface area contributed by atoms with Crippen LogP contribution in [-0.2, 0) is 10.0 Å². The summed E-state index contributed by atoms with van der Waals surface area (Å²) in [6.45, 7) is 0. The van der Waals surface area contributed by atoms with Crippen LogP contribution in [0.2, 0.25) is 0 Å². The van der Waals surface area contributed by atoms with Crippen molar-refractivity contribution in [3.63, 3.8) is 0 Å². The predicted molar refractivity (Wildman–Crippen MR) is 83.4 cm³/mol. The zero-order valence-corrected chi connectivity index (χ0v) is 13.1. The molecule has 0 aliphatic rings. The standard InChI is InChI=1S/C13H10N4O4S2/c18-13(19)11-12(22-8-14-11)16-23(20,21)10-4-2-9(3-5-10)17-7-1-6-15-17/h1-8,16H,(H,18,19). The van der Waals surface area contributed by atoms with E-state index in [-0.39, 0.29) is 15.6 Å². The maximum Gasteiger partial charge on any atom is 0.357 e. The van der Waals surface area contributed by atoms with Gasteiger partial charge in [-0.05, 0) is 30.3 Å². The zero-order valence-electron chi connectivity index (χ0n) is 11.4. The van der Waals surface area contributed by atoms with E-state index in [0.717, 1.165) is 11.3 Å². The number of thiazole rings is 1. The molecule has 1 aromatic carbocycles. The third-order valence-electron chi connectivity index (χ3n) is 2.91. The average Bonchev–Trinajstić information content (AvgIpc) is 3.18. The van der Waals surface area contributed by atoms with Gasteiger partial charge in [-0.25, -0.2) is 22.9 Å². The Balaban J connectivity index is 1.88. The number of nitrogens with zero attached hydrogens (tertiary/aromatic N) is 3. The van der Waals surface area contributed by atoms with Crippen molar-refractivity contribution < 1.29 is 18.3 Å². The molecule has 2 N–H and O–H groups in total. The number of hydrogen-bond donors (Lipinski definition) is 2. The Bertz CT molecular complexity index is 931. The predicted octanol–water partition coefficient (Wildman–Crippen LogP) is 1.83. The lowest BCUT2D eigenvalue weighted by Crippen LogP contribution is -2.14. The SMILES string of the molecule is O=C(O)c1ncsc1NS(=O)(=O)c1ccc(-n2cccn2)cc1. The first-order valence-corrected chi connectivity index (χ1v) is 8.63. The number of carbonyl (C=O) groups is 1. The normalized spacial score (nSPS) is 11.3. The molecule has 2 heterocycles. The molecule has 0 unspecified atom stereocenters. The number of aromatic nitrogens is 3. The van der Waals surface area contributed by atoms with Crippen LogP contribution in [-0.4, -0.2) is 34.3 Å². The highest BCUT2D eigenvalue weighted by atomic mass is 32.2. The van der Waals surface area contributed by atoms with Gasteiger partial charge in [-0.2, -0.15) is 5.10 Å². The summed E-state index contributed by atoms with van der Waals surface area (Å²) in [5.41, 5.74) is 1.65. The van der Waals surface area contributed by atoms with E-state index >= 15 is 0 Å². The fourth-order valence-corrected chi connectivity index (χ4v) is 3.84. The number of carboxylic acid groups (broad SMARTS) is 1. The fourth-order valence-electron chi connectivity index (χ4n) is 1.85. The molecule has 2 aromatic heterocycles. The molecule has 0 atom stereocenters. The molecular weight excluding hydrogens is 340 g/mol. The zero-order chi connectivity index (χ0) is 16.4. The van der Waals surface area contributed by atoms with E-state index in [2.05, 4.69) is 14.8 Å². The lowest BCUT2D eigenvalue weighted by Gasteiger charge is -2.07. The molecule has 3 aromatic rings. The van der Waals surface area contributed by atoms with Gasteiger partial charge in [0.15, 0.2) is 5.69 Å². The first kappa shape index (κ1) is 15.2. The Hall–Kier alpha value is -2.72. The molecule has 118 valence electrons. The first-order chi connectivity index (χ1) is 11.0. The number of sulfonamides is 1. The van der Waals surface area contributed by atoms with Crippen molar-refractivity contribution in [2.45, 2.75) is 4.90 Å². The second-order valence-electron chi connectivity index (χ2n) is 4.39. The molecule has 0 bridgehead atoms. The Kier molecular flexibility index (Phi) is 3.84. The second-order valence-corrected chi connectivity index (χ2v) is 6.92. The summed E-state index contributed by atoms with van der Waals surface area (Å²) >= 11 is 0.904. The van der Waals surface area contributed by atoms with Gasteiger partial charge in [0, 0.05) is 12.4 Å². The van der Waals surface area contributed by atoms with Crippen molar-refractivity contribution in [1.82, 2.24) is 14.8 Å². The van der Waals surface area contributed by atoms with Crippen LogP contribution in [0.4, 0.5) is 5.00 Å². The molecule has 0 radical (unpaired) electrons. The summed E-state index contributed by atoms with van der Waals surface area (Å²) in [7, 11) is -3.90. The summed E-state index contributed by atoms with van der Waals surface area (Å²) < 4.78 is 28.5. The number of nitrogens with one attached hydrogen (secondary N) is 1. The van der Waals surface area contributed by atoms with E-state index in [1.807, 2.05) is 0 Å². The van der Waals surface area contributed by atoms with Crippen LogP contribution >= 0.6 is 11.3 Å². The monoisotopic (exact) mass is 350 g/mol. The largest absolute Gasteiger partial charge is 0.476 e. The highest BCUT2D eigenvalue weighted by Crippen LogP contribution is 2.24. The molecule has 0 fully saturated rings. The molecule has 23 heavy (non-hydrogen) atoms. The number of rotatable bonds is 5. The van der Waals surface area contributed by atoms with Crippen LogP contribution in [0, 0.1) is 0 Å². The smallest absolute Gasteiger partial charge is 0.357 e. The van der Waals surface area contributed by atoms with Gasteiger partial charge in [0.2, 0.25) is 0 Å². The van der Waals surface area contributed by atoms with Crippen molar-refractivity contribution in [2.24, 2.45) is 0 Å². The Morgan fingerprint density at radius 1 is 1.26 bits per heavy atom. The Labute approximate surface area is 135 Å². The van der Waals surface area contributed by atoms with Crippen molar-refractivity contribution in [3.05, 3.63) is 53.9 Å². The molecule has 0 amide bonds. The van der Waals surface area contributed by atoms with E-state index in [0.29, 0.717) is 5.69 Å². The third-order valence-corrected chi connectivity index (χ3v) is 5.15. The lowest BCUT2D eigenvalue weighted by molar-refractivity contribution is 0.0692. The van der Waals surface area contributed by atoms with E-state index in [1.54, 1.807) is 35.3 Å². The van der Waals surface area contributed by atoms with Crippen LogP contribution in [0.5, 0.6) is 0 Å². The molecule has 8 nitrogen and oxygen atoms in total. The van der Waals surface area contributed by atoms with Gasteiger partial charge in [-0.3, -0.25) is 4.72 Å². The van der Waals surface area contributed by atoms with Crippen molar-refractivity contribution in [2.75, 3.05) is 4.72 Å². The minimum atomic E-state index is -3.90. The maximum absolute atomic E-state index is 12.3. The molecule has 0 saturated carbocycles. The molecule has 0 aliphatic carbocycles. The van der Waals surface area contributed by atoms with Gasteiger partial charge < -0.3 is 5.11 Å². The summed E-state index contributed by atoms with van der Waals surface area (Å²) in [6, 6.07) is 7.80. The van der Waals surface area contributed by atoms with Gasteiger partial charge in [-0.1, -0.05) is 0 Å². The van der Waals surface area contributed by atoms with Crippen LogP contribution in [0.1, 0.15) is 10.5 Å².